The van der Waals surface area contributed by atoms with Gasteiger partial charge in [-0.2, -0.15) is 0 Å². The molecule has 0 amide bonds. The maximum atomic E-state index is 5.68. The van der Waals surface area contributed by atoms with Gasteiger partial charge in [-0.25, -0.2) is 0 Å². The quantitative estimate of drug-likeness (QED) is 0.611. The van der Waals surface area contributed by atoms with Crippen LogP contribution in [0.25, 0.3) is 0 Å². The van der Waals surface area contributed by atoms with E-state index in [0.29, 0.717) is 19.8 Å². The van der Waals surface area contributed by atoms with Gasteiger partial charge in [-0.3, -0.25) is 0 Å². The monoisotopic (exact) mass is 272 g/mol. The molecule has 0 aliphatic heterocycles. The van der Waals surface area contributed by atoms with Gasteiger partial charge < -0.3 is 13.3 Å². The molecule has 0 heterocycles. The second-order valence-electron chi connectivity index (χ2n) is 3.64. The van der Waals surface area contributed by atoms with Gasteiger partial charge in [-0.05, 0) is 32.4 Å². The molecule has 0 N–H and O–H groups in total. The predicted molar refractivity (Wildman–Crippen MR) is 73.6 cm³/mol. The van der Waals surface area contributed by atoms with Crippen molar-refractivity contribution in [2.45, 2.75) is 32.3 Å². The van der Waals surface area contributed by atoms with E-state index < -0.39 is 9.53 Å². The fourth-order valence-corrected chi connectivity index (χ4v) is 2.86. The molecule has 0 fully saturated rings. The summed E-state index contributed by atoms with van der Waals surface area (Å²) < 4.78 is 16.5. The Morgan fingerprint density at radius 3 is 2.29 bits per heavy atom. The Morgan fingerprint density at radius 1 is 1.12 bits per heavy atom. The van der Waals surface area contributed by atoms with E-state index in [1.54, 1.807) is 0 Å². The third-order valence-corrected chi connectivity index (χ3v) is 4.29. The number of aryl methyl sites for hydroxylation is 1. The minimum Gasteiger partial charge on any atom is -0.376 e. The van der Waals surface area contributed by atoms with Crippen LogP contribution in [0.15, 0.2) is 23.1 Å². The van der Waals surface area contributed by atoms with Crippen LogP contribution in [0.5, 0.6) is 0 Å². The molecule has 1 rings (SSSR count). The van der Waals surface area contributed by atoms with Gasteiger partial charge in [-0.1, -0.05) is 17.7 Å². The van der Waals surface area contributed by atoms with Gasteiger partial charge in [0.05, 0.1) is 6.61 Å². The number of rotatable bonds is 7. The second kappa shape index (κ2) is 7.89. The van der Waals surface area contributed by atoms with Gasteiger partial charge >= 0.3 is 9.53 Å². The van der Waals surface area contributed by atoms with Gasteiger partial charge in [0.25, 0.3) is 0 Å². The Kier molecular flexibility index (Phi) is 6.84. The van der Waals surface area contributed by atoms with Gasteiger partial charge in [-0.15, -0.1) is 12.6 Å². The summed E-state index contributed by atoms with van der Waals surface area (Å²) in [5, 5.41) is 0. The Labute approximate surface area is 110 Å². The lowest BCUT2D eigenvalue weighted by molar-refractivity contribution is 0.0955. The van der Waals surface area contributed by atoms with E-state index in [-0.39, 0.29) is 0 Å². The summed E-state index contributed by atoms with van der Waals surface area (Å²) in [6, 6.07) is 6.11. The van der Waals surface area contributed by atoms with E-state index in [1.165, 1.54) is 5.56 Å². The zero-order valence-corrected chi connectivity index (χ0v) is 12.7. The van der Waals surface area contributed by atoms with Crippen LogP contribution in [0.2, 0.25) is 0 Å². The molecule has 0 saturated heterocycles. The smallest absolute Gasteiger partial charge is 0.376 e. The van der Waals surface area contributed by atoms with Crippen LogP contribution in [0, 0.1) is 6.92 Å². The third-order valence-electron chi connectivity index (χ3n) is 2.22. The maximum absolute atomic E-state index is 5.68. The molecular formula is C12H20O3SSi. The van der Waals surface area contributed by atoms with Crippen molar-refractivity contribution < 1.29 is 13.3 Å². The highest BCUT2D eigenvalue weighted by molar-refractivity contribution is 7.80. The molecular weight excluding hydrogens is 252 g/mol. The topological polar surface area (TPSA) is 27.7 Å². The van der Waals surface area contributed by atoms with Crippen molar-refractivity contribution in [3.63, 3.8) is 0 Å². The zero-order valence-electron chi connectivity index (χ0n) is 10.6. The summed E-state index contributed by atoms with van der Waals surface area (Å²) in [5.74, 6) is 0. The van der Waals surface area contributed by atoms with Crippen LogP contribution in [0.4, 0.5) is 0 Å². The lowest BCUT2D eigenvalue weighted by Crippen LogP contribution is -2.27. The first-order chi connectivity index (χ1) is 8.17. The van der Waals surface area contributed by atoms with E-state index in [9.17, 15) is 0 Å². The van der Waals surface area contributed by atoms with Crippen LogP contribution in [-0.4, -0.2) is 22.7 Å². The molecule has 0 unspecified atom stereocenters. The number of thiol groups is 1. The van der Waals surface area contributed by atoms with Gasteiger partial charge in [0.1, 0.15) is 0 Å². The molecule has 96 valence electrons. The van der Waals surface area contributed by atoms with E-state index in [4.69, 9.17) is 13.3 Å². The molecule has 1 aromatic carbocycles. The van der Waals surface area contributed by atoms with Crippen LogP contribution >= 0.6 is 12.6 Å². The molecule has 0 spiro atoms. The first-order valence-electron chi connectivity index (χ1n) is 5.80. The van der Waals surface area contributed by atoms with Crippen molar-refractivity contribution >= 4 is 22.2 Å². The Morgan fingerprint density at radius 2 is 1.76 bits per heavy atom. The van der Waals surface area contributed by atoms with Crippen molar-refractivity contribution in [1.29, 1.82) is 0 Å². The highest BCUT2D eigenvalue weighted by Gasteiger charge is 2.14. The fourth-order valence-electron chi connectivity index (χ4n) is 1.37. The van der Waals surface area contributed by atoms with E-state index in [0.717, 1.165) is 10.5 Å². The SMILES string of the molecule is CCO[SiH](OCC)OCc1ccc(C)cc1S. The molecule has 0 aliphatic rings. The van der Waals surface area contributed by atoms with Crippen LogP contribution in [0.1, 0.15) is 25.0 Å². The molecule has 5 heteroatoms. The largest absolute Gasteiger partial charge is 0.484 e. The summed E-state index contributed by atoms with van der Waals surface area (Å²) >= 11 is 4.43. The van der Waals surface area contributed by atoms with E-state index >= 15 is 0 Å². The minimum atomic E-state index is -1.97. The average molecular weight is 272 g/mol. The molecule has 0 bridgehead atoms. The lowest BCUT2D eigenvalue weighted by atomic mass is 10.2. The molecule has 0 aliphatic carbocycles. The second-order valence-corrected chi connectivity index (χ2v) is 5.70. The van der Waals surface area contributed by atoms with Crippen LogP contribution in [0.3, 0.4) is 0 Å². The Balaban J connectivity index is 2.52. The highest BCUT2D eigenvalue weighted by Crippen LogP contribution is 2.17. The first kappa shape index (κ1) is 14.7. The average Bonchev–Trinajstić information content (AvgIpc) is 2.28. The number of hydrogen-bond acceptors (Lipinski definition) is 4. The van der Waals surface area contributed by atoms with Crippen molar-refractivity contribution in [3.8, 4) is 0 Å². The molecule has 3 nitrogen and oxygen atoms in total. The van der Waals surface area contributed by atoms with Gasteiger partial charge in [0.15, 0.2) is 0 Å². The minimum absolute atomic E-state index is 0.496. The van der Waals surface area contributed by atoms with Crippen molar-refractivity contribution in [2.75, 3.05) is 13.2 Å². The molecule has 1 aromatic rings. The van der Waals surface area contributed by atoms with Crippen LogP contribution in [-0.2, 0) is 19.9 Å². The van der Waals surface area contributed by atoms with Gasteiger partial charge in [0.2, 0.25) is 0 Å². The molecule has 0 saturated carbocycles. The zero-order chi connectivity index (χ0) is 12.7. The standard InChI is InChI=1S/C12H20O3SSi/c1-4-13-17(14-5-2)15-9-11-7-6-10(3)8-12(11)16/h6-8,16-17H,4-5,9H2,1-3H3. The third kappa shape index (κ3) is 5.22. The summed E-state index contributed by atoms with van der Waals surface area (Å²) in [6.07, 6.45) is 0. The van der Waals surface area contributed by atoms with Crippen molar-refractivity contribution in [2.24, 2.45) is 0 Å². The molecule has 0 radical (unpaired) electrons. The number of benzene rings is 1. The van der Waals surface area contributed by atoms with Crippen molar-refractivity contribution in [3.05, 3.63) is 29.3 Å². The summed E-state index contributed by atoms with van der Waals surface area (Å²) in [5.41, 5.74) is 2.26. The van der Waals surface area contributed by atoms with E-state index in [2.05, 4.69) is 18.7 Å². The summed E-state index contributed by atoms with van der Waals surface area (Å²) in [4.78, 5) is 0.950. The Bertz CT molecular complexity index is 341. The number of hydrogen-bond donors (Lipinski definition) is 1. The summed E-state index contributed by atoms with van der Waals surface area (Å²) in [6.45, 7) is 7.67. The first-order valence-corrected chi connectivity index (χ1v) is 7.66. The van der Waals surface area contributed by atoms with E-state index in [1.807, 2.05) is 32.9 Å². The molecule has 0 aromatic heterocycles. The Hall–Kier alpha value is -0.333. The molecule has 17 heavy (non-hydrogen) atoms. The fraction of sp³-hybridized carbons (Fsp3) is 0.500. The molecule has 0 atom stereocenters. The normalized spacial score (nSPS) is 11.1. The summed E-state index contributed by atoms with van der Waals surface area (Å²) in [7, 11) is -1.97. The van der Waals surface area contributed by atoms with Crippen LogP contribution < -0.4 is 0 Å². The maximum Gasteiger partial charge on any atom is 0.484 e. The van der Waals surface area contributed by atoms with Crippen molar-refractivity contribution in [1.82, 2.24) is 0 Å². The van der Waals surface area contributed by atoms with Gasteiger partial charge in [0, 0.05) is 18.1 Å². The highest BCUT2D eigenvalue weighted by atomic mass is 32.1. The lowest BCUT2D eigenvalue weighted by Gasteiger charge is -2.15. The predicted octanol–water partition coefficient (Wildman–Crippen LogP) is 2.59.